The van der Waals surface area contributed by atoms with Gasteiger partial charge in [0.2, 0.25) is 5.91 Å². The van der Waals surface area contributed by atoms with Crippen LogP contribution in [0, 0.1) is 0 Å². The van der Waals surface area contributed by atoms with E-state index < -0.39 is 0 Å². The minimum atomic E-state index is -0.340. The molecule has 7 nitrogen and oxygen atoms in total. The first kappa shape index (κ1) is 17.9. The SMILES string of the molecule is COC(=O)N1CCN(C(=O)CCc2ccc(OC)c(OC)c2)CC1. The van der Waals surface area contributed by atoms with Gasteiger partial charge in [-0.2, -0.15) is 0 Å². The number of nitrogens with zero attached hydrogens (tertiary/aromatic N) is 2. The fourth-order valence-corrected chi connectivity index (χ4v) is 2.71. The molecule has 0 N–H and O–H groups in total. The van der Waals surface area contributed by atoms with E-state index in [2.05, 4.69) is 0 Å². The second kappa shape index (κ2) is 8.42. The lowest BCUT2D eigenvalue weighted by molar-refractivity contribution is -0.132. The number of aryl methyl sites for hydroxylation is 1. The molecule has 0 bridgehead atoms. The van der Waals surface area contributed by atoms with Gasteiger partial charge in [-0.05, 0) is 24.1 Å². The Bertz CT molecular complexity index is 582. The minimum absolute atomic E-state index is 0.0919. The summed E-state index contributed by atoms with van der Waals surface area (Å²) in [5.41, 5.74) is 1.02. The van der Waals surface area contributed by atoms with Gasteiger partial charge in [0.05, 0.1) is 21.3 Å². The Hall–Kier alpha value is -2.44. The molecule has 2 rings (SSSR count). The summed E-state index contributed by atoms with van der Waals surface area (Å²) in [5, 5.41) is 0. The van der Waals surface area contributed by atoms with Crippen molar-refractivity contribution in [3.63, 3.8) is 0 Å². The zero-order valence-corrected chi connectivity index (χ0v) is 14.4. The summed E-state index contributed by atoms with van der Waals surface area (Å²) < 4.78 is 15.2. The third kappa shape index (κ3) is 4.31. The van der Waals surface area contributed by atoms with E-state index in [0.29, 0.717) is 50.5 Å². The Kier molecular flexibility index (Phi) is 6.28. The second-order valence-corrected chi connectivity index (χ2v) is 5.53. The molecular formula is C17H24N2O5. The van der Waals surface area contributed by atoms with Crippen LogP contribution in [0.5, 0.6) is 11.5 Å². The van der Waals surface area contributed by atoms with Gasteiger partial charge in [0.15, 0.2) is 11.5 Å². The number of carbonyl (C=O) groups is 2. The molecule has 1 aromatic rings. The van der Waals surface area contributed by atoms with Crippen molar-refractivity contribution in [3.8, 4) is 11.5 Å². The van der Waals surface area contributed by atoms with Gasteiger partial charge < -0.3 is 24.0 Å². The summed E-state index contributed by atoms with van der Waals surface area (Å²) in [7, 11) is 4.55. The van der Waals surface area contributed by atoms with Crippen molar-refractivity contribution in [2.24, 2.45) is 0 Å². The molecule has 0 saturated carbocycles. The van der Waals surface area contributed by atoms with E-state index in [0.717, 1.165) is 5.56 Å². The van der Waals surface area contributed by atoms with Gasteiger partial charge in [-0.15, -0.1) is 0 Å². The Balaban J connectivity index is 1.84. The van der Waals surface area contributed by atoms with Crippen LogP contribution in [0.3, 0.4) is 0 Å². The summed E-state index contributed by atoms with van der Waals surface area (Å²) in [6, 6.07) is 5.67. The molecule has 1 heterocycles. The smallest absolute Gasteiger partial charge is 0.409 e. The number of hydrogen-bond acceptors (Lipinski definition) is 5. The molecule has 0 aromatic heterocycles. The fourth-order valence-electron chi connectivity index (χ4n) is 2.71. The van der Waals surface area contributed by atoms with Gasteiger partial charge in [0.1, 0.15) is 0 Å². The molecular weight excluding hydrogens is 312 g/mol. The van der Waals surface area contributed by atoms with Crippen LogP contribution in [0.15, 0.2) is 18.2 Å². The maximum Gasteiger partial charge on any atom is 0.409 e. The van der Waals surface area contributed by atoms with E-state index >= 15 is 0 Å². The Morgan fingerprint density at radius 2 is 1.58 bits per heavy atom. The van der Waals surface area contributed by atoms with Crippen LogP contribution < -0.4 is 9.47 Å². The number of amides is 2. The summed E-state index contributed by atoms with van der Waals surface area (Å²) >= 11 is 0. The summed E-state index contributed by atoms with van der Waals surface area (Å²) in [6.45, 7) is 2.10. The number of piperazine rings is 1. The maximum atomic E-state index is 12.3. The highest BCUT2D eigenvalue weighted by molar-refractivity contribution is 5.77. The monoisotopic (exact) mass is 336 g/mol. The standard InChI is InChI=1S/C17H24N2O5/c1-22-14-6-4-13(12-15(14)23-2)5-7-16(20)18-8-10-19(11-9-18)17(21)24-3/h4,6,12H,5,7-11H2,1-3H3. The number of hydrogen-bond donors (Lipinski definition) is 0. The predicted molar refractivity (Wildman–Crippen MR) is 88.4 cm³/mol. The minimum Gasteiger partial charge on any atom is -0.493 e. The molecule has 1 fully saturated rings. The van der Waals surface area contributed by atoms with Crippen molar-refractivity contribution < 1.29 is 23.8 Å². The third-order valence-electron chi connectivity index (χ3n) is 4.14. The Labute approximate surface area is 142 Å². The average Bonchev–Trinajstić information content (AvgIpc) is 2.65. The molecule has 1 aliphatic rings. The van der Waals surface area contributed by atoms with Gasteiger partial charge in [0.25, 0.3) is 0 Å². The highest BCUT2D eigenvalue weighted by Gasteiger charge is 2.24. The second-order valence-electron chi connectivity index (χ2n) is 5.53. The van der Waals surface area contributed by atoms with E-state index in [4.69, 9.17) is 14.2 Å². The third-order valence-corrected chi connectivity index (χ3v) is 4.14. The highest BCUT2D eigenvalue weighted by Crippen LogP contribution is 2.28. The van der Waals surface area contributed by atoms with Crippen LogP contribution in [0.1, 0.15) is 12.0 Å². The van der Waals surface area contributed by atoms with Crippen LogP contribution in [-0.2, 0) is 16.0 Å². The first-order valence-corrected chi connectivity index (χ1v) is 7.90. The van der Waals surface area contributed by atoms with Crippen molar-refractivity contribution >= 4 is 12.0 Å². The van der Waals surface area contributed by atoms with E-state index in [-0.39, 0.29) is 12.0 Å². The van der Waals surface area contributed by atoms with Crippen LogP contribution >= 0.6 is 0 Å². The lowest BCUT2D eigenvalue weighted by Gasteiger charge is -2.33. The van der Waals surface area contributed by atoms with Crippen LogP contribution in [0.2, 0.25) is 0 Å². The van der Waals surface area contributed by atoms with Gasteiger partial charge in [-0.1, -0.05) is 6.07 Å². The largest absolute Gasteiger partial charge is 0.493 e. The van der Waals surface area contributed by atoms with Crippen LogP contribution in [-0.4, -0.2) is 69.3 Å². The first-order chi connectivity index (χ1) is 11.6. The summed E-state index contributed by atoms with van der Waals surface area (Å²) in [5.74, 6) is 1.43. The topological polar surface area (TPSA) is 68.3 Å². The van der Waals surface area contributed by atoms with Crippen molar-refractivity contribution in [3.05, 3.63) is 23.8 Å². The Morgan fingerprint density at radius 3 is 2.17 bits per heavy atom. The van der Waals surface area contributed by atoms with Crippen molar-refractivity contribution in [2.45, 2.75) is 12.8 Å². The normalized spacial score (nSPS) is 14.3. The van der Waals surface area contributed by atoms with Gasteiger partial charge in [-0.3, -0.25) is 4.79 Å². The number of rotatable bonds is 5. The van der Waals surface area contributed by atoms with E-state index in [1.807, 2.05) is 18.2 Å². The molecule has 0 spiro atoms. The number of ether oxygens (including phenoxy) is 3. The van der Waals surface area contributed by atoms with Gasteiger partial charge in [-0.25, -0.2) is 4.79 Å². The zero-order chi connectivity index (χ0) is 17.5. The molecule has 0 unspecified atom stereocenters. The molecule has 7 heteroatoms. The molecule has 24 heavy (non-hydrogen) atoms. The quantitative estimate of drug-likeness (QED) is 0.816. The first-order valence-electron chi connectivity index (χ1n) is 7.90. The van der Waals surface area contributed by atoms with E-state index in [9.17, 15) is 9.59 Å². The fraction of sp³-hybridized carbons (Fsp3) is 0.529. The number of methoxy groups -OCH3 is 3. The number of benzene rings is 1. The van der Waals surface area contributed by atoms with Crippen LogP contribution in [0.25, 0.3) is 0 Å². The van der Waals surface area contributed by atoms with Crippen molar-refractivity contribution in [1.29, 1.82) is 0 Å². The molecule has 0 radical (unpaired) electrons. The predicted octanol–water partition coefficient (Wildman–Crippen LogP) is 1.55. The average molecular weight is 336 g/mol. The van der Waals surface area contributed by atoms with Crippen molar-refractivity contribution in [1.82, 2.24) is 9.80 Å². The highest BCUT2D eigenvalue weighted by atomic mass is 16.5. The molecule has 1 saturated heterocycles. The van der Waals surface area contributed by atoms with Crippen LogP contribution in [0.4, 0.5) is 4.79 Å². The molecule has 2 amide bonds. The number of carbonyl (C=O) groups excluding carboxylic acids is 2. The molecule has 0 atom stereocenters. The Morgan fingerprint density at radius 1 is 0.958 bits per heavy atom. The van der Waals surface area contributed by atoms with E-state index in [1.54, 1.807) is 24.0 Å². The van der Waals surface area contributed by atoms with Gasteiger partial charge in [0, 0.05) is 32.6 Å². The lowest BCUT2D eigenvalue weighted by Crippen LogP contribution is -2.50. The maximum absolute atomic E-state index is 12.3. The summed E-state index contributed by atoms with van der Waals surface area (Å²) in [4.78, 5) is 27.2. The molecule has 132 valence electrons. The van der Waals surface area contributed by atoms with Gasteiger partial charge >= 0.3 is 6.09 Å². The molecule has 1 aliphatic heterocycles. The summed E-state index contributed by atoms with van der Waals surface area (Å²) in [6.07, 6.45) is 0.719. The molecule has 1 aromatic carbocycles. The molecule has 0 aliphatic carbocycles. The lowest BCUT2D eigenvalue weighted by atomic mass is 10.1. The van der Waals surface area contributed by atoms with Crippen molar-refractivity contribution in [2.75, 3.05) is 47.5 Å². The zero-order valence-electron chi connectivity index (χ0n) is 14.4. The van der Waals surface area contributed by atoms with E-state index in [1.165, 1.54) is 7.11 Å².